The summed E-state index contributed by atoms with van der Waals surface area (Å²) in [6, 6.07) is 12.4. The Kier molecular flexibility index (Phi) is 3.51. The van der Waals surface area contributed by atoms with Crippen LogP contribution in [0.3, 0.4) is 0 Å². The Bertz CT molecular complexity index is 495. The Morgan fingerprint density at radius 1 is 0.938 bits per heavy atom. The molecule has 0 aliphatic heterocycles. The summed E-state index contributed by atoms with van der Waals surface area (Å²) in [4.78, 5) is 0. The minimum absolute atomic E-state index is 0.204. The average Bonchev–Trinajstić information content (AvgIpc) is 2.25. The second kappa shape index (κ2) is 4.89. The van der Waals surface area contributed by atoms with Gasteiger partial charge in [-0.1, -0.05) is 15.9 Å². The van der Waals surface area contributed by atoms with Gasteiger partial charge in [-0.05, 0) is 58.4 Å². The van der Waals surface area contributed by atoms with Crippen molar-refractivity contribution in [3.63, 3.8) is 0 Å². The van der Waals surface area contributed by atoms with E-state index in [-0.39, 0.29) is 5.75 Å². The molecule has 0 heterocycles. The van der Waals surface area contributed by atoms with Crippen molar-refractivity contribution in [3.05, 3.63) is 51.4 Å². The second-order valence-electron chi connectivity index (χ2n) is 3.17. The highest BCUT2D eigenvalue weighted by Gasteiger charge is 2.03. The van der Waals surface area contributed by atoms with Gasteiger partial charge in [0.25, 0.3) is 0 Å². The van der Waals surface area contributed by atoms with Crippen molar-refractivity contribution in [2.75, 3.05) is 0 Å². The number of phenols is 1. The molecule has 2 rings (SSSR count). The van der Waals surface area contributed by atoms with Crippen LogP contribution in [0.5, 0.6) is 17.2 Å². The molecule has 0 saturated heterocycles. The van der Waals surface area contributed by atoms with Crippen molar-refractivity contribution in [1.29, 1.82) is 0 Å². The van der Waals surface area contributed by atoms with Crippen molar-refractivity contribution in [2.24, 2.45) is 0 Å². The highest BCUT2D eigenvalue weighted by atomic mass is 79.9. The minimum atomic E-state index is 0.204. The highest BCUT2D eigenvalue weighted by molar-refractivity contribution is 9.10. The first kappa shape index (κ1) is 11.5. The molecule has 0 bridgehead atoms. The van der Waals surface area contributed by atoms with E-state index in [1.807, 2.05) is 24.3 Å². The zero-order valence-electron chi connectivity index (χ0n) is 8.15. The average molecular weight is 344 g/mol. The largest absolute Gasteiger partial charge is 0.508 e. The van der Waals surface area contributed by atoms with Crippen LogP contribution in [0.25, 0.3) is 0 Å². The lowest BCUT2D eigenvalue weighted by molar-refractivity contribution is 0.462. The maximum Gasteiger partial charge on any atom is 0.141 e. The topological polar surface area (TPSA) is 29.5 Å². The Labute approximate surface area is 110 Å². The summed E-state index contributed by atoms with van der Waals surface area (Å²) < 4.78 is 7.36. The van der Waals surface area contributed by atoms with Gasteiger partial charge >= 0.3 is 0 Å². The summed E-state index contributed by atoms with van der Waals surface area (Å²) in [6.45, 7) is 0. The molecule has 0 radical (unpaired) electrons. The number of benzene rings is 2. The molecule has 0 saturated carbocycles. The monoisotopic (exact) mass is 342 g/mol. The summed E-state index contributed by atoms with van der Waals surface area (Å²) in [5.74, 6) is 1.62. The normalized spacial score (nSPS) is 10.1. The molecule has 2 aromatic carbocycles. The van der Waals surface area contributed by atoms with Crippen molar-refractivity contribution in [1.82, 2.24) is 0 Å². The van der Waals surface area contributed by atoms with Crippen molar-refractivity contribution < 1.29 is 9.84 Å². The third-order valence-corrected chi connectivity index (χ3v) is 3.11. The van der Waals surface area contributed by atoms with E-state index in [4.69, 9.17) is 4.74 Å². The molecule has 0 unspecified atom stereocenters. The van der Waals surface area contributed by atoms with Crippen LogP contribution in [0.15, 0.2) is 51.4 Å². The van der Waals surface area contributed by atoms with Crippen molar-refractivity contribution in [3.8, 4) is 17.2 Å². The number of halogens is 2. The molecule has 82 valence electrons. The standard InChI is InChI=1S/C12H8Br2O2/c13-8-1-4-10(5-2-8)16-12-6-3-9(15)7-11(12)14/h1-7,15H. The Morgan fingerprint density at radius 2 is 1.62 bits per heavy atom. The number of hydrogen-bond donors (Lipinski definition) is 1. The van der Waals surface area contributed by atoms with E-state index in [0.717, 1.165) is 14.7 Å². The highest BCUT2D eigenvalue weighted by Crippen LogP contribution is 2.32. The lowest BCUT2D eigenvalue weighted by Gasteiger charge is -2.07. The molecule has 0 fully saturated rings. The van der Waals surface area contributed by atoms with Crippen LogP contribution in [-0.4, -0.2) is 5.11 Å². The molecule has 0 spiro atoms. The van der Waals surface area contributed by atoms with Gasteiger partial charge in [-0.15, -0.1) is 0 Å². The molecule has 2 aromatic rings. The van der Waals surface area contributed by atoms with Gasteiger partial charge in [0.1, 0.15) is 17.2 Å². The molecule has 1 N–H and O–H groups in total. The van der Waals surface area contributed by atoms with Crippen molar-refractivity contribution >= 4 is 31.9 Å². The number of rotatable bonds is 2. The maximum atomic E-state index is 9.25. The Morgan fingerprint density at radius 3 is 2.25 bits per heavy atom. The molecule has 0 aromatic heterocycles. The molecule has 0 aliphatic rings. The molecule has 2 nitrogen and oxygen atoms in total. The van der Waals surface area contributed by atoms with Gasteiger partial charge < -0.3 is 9.84 Å². The van der Waals surface area contributed by atoms with Crippen LogP contribution in [0.2, 0.25) is 0 Å². The van der Waals surface area contributed by atoms with Gasteiger partial charge in [-0.25, -0.2) is 0 Å². The van der Waals surface area contributed by atoms with Gasteiger partial charge in [-0.2, -0.15) is 0 Å². The second-order valence-corrected chi connectivity index (χ2v) is 4.94. The first-order chi connectivity index (χ1) is 7.65. The van der Waals surface area contributed by atoms with Gasteiger partial charge in [0.05, 0.1) is 4.47 Å². The molecule has 16 heavy (non-hydrogen) atoms. The van der Waals surface area contributed by atoms with Crippen LogP contribution in [0.4, 0.5) is 0 Å². The van der Waals surface area contributed by atoms with Crippen LogP contribution >= 0.6 is 31.9 Å². The Balaban J connectivity index is 2.23. The number of phenolic OH excluding ortho intramolecular Hbond substituents is 1. The van der Waals surface area contributed by atoms with E-state index < -0.39 is 0 Å². The fourth-order valence-corrected chi connectivity index (χ4v) is 1.91. The number of ether oxygens (including phenoxy) is 1. The van der Waals surface area contributed by atoms with E-state index in [1.165, 1.54) is 0 Å². The third-order valence-electron chi connectivity index (χ3n) is 1.96. The fraction of sp³-hybridized carbons (Fsp3) is 0. The predicted molar refractivity (Wildman–Crippen MR) is 70.0 cm³/mol. The van der Waals surface area contributed by atoms with Crippen molar-refractivity contribution in [2.45, 2.75) is 0 Å². The van der Waals surface area contributed by atoms with Crippen LogP contribution in [0, 0.1) is 0 Å². The summed E-state index contributed by atoms with van der Waals surface area (Å²) in [5.41, 5.74) is 0. The van der Waals surface area contributed by atoms with E-state index >= 15 is 0 Å². The first-order valence-corrected chi connectivity index (χ1v) is 6.16. The lowest BCUT2D eigenvalue weighted by Crippen LogP contribution is -1.84. The number of aromatic hydroxyl groups is 1. The molecule has 0 aliphatic carbocycles. The van der Waals surface area contributed by atoms with Crippen LogP contribution in [-0.2, 0) is 0 Å². The molecular formula is C12H8Br2O2. The summed E-state index contributed by atoms with van der Waals surface area (Å²) in [7, 11) is 0. The van der Waals surface area contributed by atoms with E-state index in [1.54, 1.807) is 18.2 Å². The first-order valence-electron chi connectivity index (χ1n) is 4.57. The predicted octanol–water partition coefficient (Wildman–Crippen LogP) is 4.71. The molecule has 0 atom stereocenters. The SMILES string of the molecule is Oc1ccc(Oc2ccc(Br)cc2)c(Br)c1. The number of hydrogen-bond acceptors (Lipinski definition) is 2. The third kappa shape index (κ3) is 2.77. The summed E-state index contributed by atoms with van der Waals surface area (Å²) in [5, 5.41) is 9.25. The van der Waals surface area contributed by atoms with Crippen LogP contribution in [0.1, 0.15) is 0 Å². The van der Waals surface area contributed by atoms with Gasteiger partial charge in [-0.3, -0.25) is 0 Å². The zero-order chi connectivity index (χ0) is 11.5. The molecule has 0 amide bonds. The van der Waals surface area contributed by atoms with Crippen LogP contribution < -0.4 is 4.74 Å². The maximum absolute atomic E-state index is 9.25. The van der Waals surface area contributed by atoms with Gasteiger partial charge in [0.2, 0.25) is 0 Å². The molecular weight excluding hydrogens is 336 g/mol. The van der Waals surface area contributed by atoms with E-state index in [9.17, 15) is 5.11 Å². The lowest BCUT2D eigenvalue weighted by atomic mass is 10.3. The minimum Gasteiger partial charge on any atom is -0.508 e. The zero-order valence-corrected chi connectivity index (χ0v) is 11.3. The van der Waals surface area contributed by atoms with Gasteiger partial charge in [0.15, 0.2) is 0 Å². The smallest absolute Gasteiger partial charge is 0.141 e. The van der Waals surface area contributed by atoms with E-state index in [2.05, 4.69) is 31.9 Å². The quantitative estimate of drug-likeness (QED) is 0.855. The van der Waals surface area contributed by atoms with E-state index in [0.29, 0.717) is 5.75 Å². The fourth-order valence-electron chi connectivity index (χ4n) is 1.20. The Hall–Kier alpha value is -1.000. The summed E-state index contributed by atoms with van der Waals surface area (Å²) in [6.07, 6.45) is 0. The van der Waals surface area contributed by atoms with Gasteiger partial charge in [0, 0.05) is 4.47 Å². The summed E-state index contributed by atoms with van der Waals surface area (Å²) >= 11 is 6.68. The molecule has 4 heteroatoms.